The number of rotatable bonds is 4. The van der Waals surface area contributed by atoms with Crippen molar-refractivity contribution in [2.75, 3.05) is 0 Å². The zero-order valence-corrected chi connectivity index (χ0v) is 10.6. The molecule has 86 valence electrons. The Kier molecular flexibility index (Phi) is 3.36. The highest BCUT2D eigenvalue weighted by atomic mass is 32.1. The molecule has 0 saturated heterocycles. The van der Waals surface area contributed by atoms with Crippen molar-refractivity contribution < 1.29 is 0 Å². The SMILES string of the molecule is Cc1ncc(C(C)NCc2nccn2C)s1. The van der Waals surface area contributed by atoms with E-state index in [1.54, 1.807) is 11.3 Å². The standard InChI is InChI=1S/C11H16N4S/c1-8(10-6-14-9(2)16-10)13-7-11-12-4-5-15(11)3/h4-6,8,13H,7H2,1-3H3. The predicted molar refractivity (Wildman–Crippen MR) is 65.3 cm³/mol. The molecule has 2 rings (SSSR count). The van der Waals surface area contributed by atoms with Gasteiger partial charge in [-0.1, -0.05) is 0 Å². The highest BCUT2D eigenvalue weighted by molar-refractivity contribution is 7.11. The van der Waals surface area contributed by atoms with E-state index in [1.165, 1.54) is 4.88 Å². The van der Waals surface area contributed by atoms with E-state index in [1.807, 2.05) is 37.1 Å². The van der Waals surface area contributed by atoms with Crippen LogP contribution in [-0.4, -0.2) is 14.5 Å². The number of nitrogens with one attached hydrogen (secondary N) is 1. The van der Waals surface area contributed by atoms with Crippen molar-refractivity contribution in [3.05, 3.63) is 34.3 Å². The van der Waals surface area contributed by atoms with Crippen LogP contribution >= 0.6 is 11.3 Å². The van der Waals surface area contributed by atoms with Gasteiger partial charge in [0.2, 0.25) is 0 Å². The lowest BCUT2D eigenvalue weighted by Gasteiger charge is -2.11. The molecule has 4 nitrogen and oxygen atoms in total. The Bertz CT molecular complexity index is 460. The molecule has 2 aromatic rings. The van der Waals surface area contributed by atoms with Crippen molar-refractivity contribution >= 4 is 11.3 Å². The van der Waals surface area contributed by atoms with Gasteiger partial charge in [-0.2, -0.15) is 0 Å². The third-order valence-electron chi connectivity index (χ3n) is 2.55. The van der Waals surface area contributed by atoms with Gasteiger partial charge in [0.25, 0.3) is 0 Å². The quantitative estimate of drug-likeness (QED) is 0.883. The van der Waals surface area contributed by atoms with Gasteiger partial charge in [-0.3, -0.25) is 0 Å². The lowest BCUT2D eigenvalue weighted by Crippen LogP contribution is -2.19. The molecule has 1 atom stereocenters. The Morgan fingerprint density at radius 1 is 1.50 bits per heavy atom. The van der Waals surface area contributed by atoms with Gasteiger partial charge in [-0.25, -0.2) is 9.97 Å². The molecule has 0 amide bonds. The van der Waals surface area contributed by atoms with Gasteiger partial charge in [-0.05, 0) is 13.8 Å². The number of aromatic nitrogens is 3. The van der Waals surface area contributed by atoms with Crippen LogP contribution in [0.2, 0.25) is 0 Å². The maximum atomic E-state index is 4.27. The molecular formula is C11H16N4S. The van der Waals surface area contributed by atoms with Crippen LogP contribution < -0.4 is 5.32 Å². The molecule has 0 fully saturated rings. The Labute approximate surface area is 99.4 Å². The molecule has 0 spiro atoms. The normalized spacial score (nSPS) is 12.9. The number of hydrogen-bond donors (Lipinski definition) is 1. The topological polar surface area (TPSA) is 42.7 Å². The molecule has 5 heteroatoms. The van der Waals surface area contributed by atoms with Crippen molar-refractivity contribution in [2.24, 2.45) is 7.05 Å². The lowest BCUT2D eigenvalue weighted by atomic mass is 10.3. The Morgan fingerprint density at radius 3 is 2.88 bits per heavy atom. The van der Waals surface area contributed by atoms with Crippen LogP contribution in [-0.2, 0) is 13.6 Å². The average molecular weight is 236 g/mol. The zero-order chi connectivity index (χ0) is 11.5. The third-order valence-corrected chi connectivity index (χ3v) is 3.65. The monoisotopic (exact) mass is 236 g/mol. The summed E-state index contributed by atoms with van der Waals surface area (Å²) in [5, 5.41) is 4.55. The number of hydrogen-bond acceptors (Lipinski definition) is 4. The smallest absolute Gasteiger partial charge is 0.122 e. The van der Waals surface area contributed by atoms with E-state index < -0.39 is 0 Å². The molecule has 16 heavy (non-hydrogen) atoms. The molecule has 0 aliphatic heterocycles. The summed E-state index contributed by atoms with van der Waals surface area (Å²) in [5.74, 6) is 1.05. The van der Waals surface area contributed by atoms with E-state index in [-0.39, 0.29) is 0 Å². The minimum Gasteiger partial charge on any atom is -0.337 e. The molecule has 0 aliphatic rings. The summed E-state index contributed by atoms with van der Waals surface area (Å²) in [7, 11) is 2.01. The molecule has 0 aliphatic carbocycles. The first kappa shape index (κ1) is 11.3. The minimum absolute atomic E-state index is 0.322. The minimum atomic E-state index is 0.322. The second kappa shape index (κ2) is 4.76. The Balaban J connectivity index is 1.93. The second-order valence-electron chi connectivity index (χ2n) is 3.84. The number of nitrogens with zero attached hydrogens (tertiary/aromatic N) is 3. The van der Waals surface area contributed by atoms with Crippen LogP contribution in [0.25, 0.3) is 0 Å². The maximum Gasteiger partial charge on any atom is 0.122 e. The first-order chi connectivity index (χ1) is 7.66. The largest absolute Gasteiger partial charge is 0.337 e. The van der Waals surface area contributed by atoms with Gasteiger partial charge in [0.05, 0.1) is 11.6 Å². The fourth-order valence-corrected chi connectivity index (χ4v) is 2.30. The molecule has 0 aromatic carbocycles. The van der Waals surface area contributed by atoms with Crippen LogP contribution in [0.15, 0.2) is 18.6 Å². The first-order valence-corrected chi connectivity index (χ1v) is 6.10. The number of thiazole rings is 1. The molecule has 1 unspecified atom stereocenters. The van der Waals surface area contributed by atoms with Crippen LogP contribution in [0.5, 0.6) is 0 Å². The summed E-state index contributed by atoms with van der Waals surface area (Å²) in [4.78, 5) is 9.80. The zero-order valence-electron chi connectivity index (χ0n) is 9.77. The summed E-state index contributed by atoms with van der Waals surface area (Å²) in [6.45, 7) is 4.96. The van der Waals surface area contributed by atoms with Crippen molar-refractivity contribution in [1.82, 2.24) is 19.9 Å². The van der Waals surface area contributed by atoms with E-state index in [4.69, 9.17) is 0 Å². The van der Waals surface area contributed by atoms with Gasteiger partial charge < -0.3 is 9.88 Å². The van der Waals surface area contributed by atoms with E-state index in [0.29, 0.717) is 6.04 Å². The number of aryl methyl sites for hydroxylation is 2. The second-order valence-corrected chi connectivity index (χ2v) is 5.10. The summed E-state index contributed by atoms with van der Waals surface area (Å²) in [6, 6.07) is 0.322. The van der Waals surface area contributed by atoms with E-state index in [2.05, 4.69) is 22.2 Å². The molecule has 0 saturated carbocycles. The summed E-state index contributed by atoms with van der Waals surface area (Å²) in [5.41, 5.74) is 0. The molecular weight excluding hydrogens is 220 g/mol. The van der Waals surface area contributed by atoms with Crippen LogP contribution in [0.4, 0.5) is 0 Å². The molecule has 2 heterocycles. The van der Waals surface area contributed by atoms with Gasteiger partial charge in [-0.15, -0.1) is 11.3 Å². The Morgan fingerprint density at radius 2 is 2.31 bits per heavy atom. The van der Waals surface area contributed by atoms with E-state index in [9.17, 15) is 0 Å². The van der Waals surface area contributed by atoms with Crippen molar-refractivity contribution in [2.45, 2.75) is 26.4 Å². The van der Waals surface area contributed by atoms with Crippen molar-refractivity contribution in [3.63, 3.8) is 0 Å². The maximum absolute atomic E-state index is 4.27. The average Bonchev–Trinajstić information content (AvgIpc) is 2.84. The summed E-state index contributed by atoms with van der Waals surface area (Å²) in [6.07, 6.45) is 5.72. The van der Waals surface area contributed by atoms with Gasteiger partial charge in [0.1, 0.15) is 5.82 Å². The van der Waals surface area contributed by atoms with E-state index >= 15 is 0 Å². The molecule has 1 N–H and O–H groups in total. The molecule has 0 bridgehead atoms. The van der Waals surface area contributed by atoms with Gasteiger partial charge >= 0.3 is 0 Å². The van der Waals surface area contributed by atoms with Crippen LogP contribution in [0.1, 0.15) is 28.7 Å². The van der Waals surface area contributed by atoms with Gasteiger partial charge in [0, 0.05) is 36.6 Å². The molecule has 2 aromatic heterocycles. The Hall–Kier alpha value is -1.20. The summed E-state index contributed by atoms with van der Waals surface area (Å²) >= 11 is 1.74. The fraction of sp³-hybridized carbons (Fsp3) is 0.455. The predicted octanol–water partition coefficient (Wildman–Crippen LogP) is 2.04. The van der Waals surface area contributed by atoms with Crippen LogP contribution in [0, 0.1) is 6.92 Å². The number of imidazole rings is 1. The van der Waals surface area contributed by atoms with Crippen molar-refractivity contribution in [1.29, 1.82) is 0 Å². The summed E-state index contributed by atoms with van der Waals surface area (Å²) < 4.78 is 2.03. The van der Waals surface area contributed by atoms with Crippen molar-refractivity contribution in [3.8, 4) is 0 Å². The third kappa shape index (κ3) is 2.48. The highest BCUT2D eigenvalue weighted by Gasteiger charge is 2.08. The fourth-order valence-electron chi connectivity index (χ4n) is 1.49. The highest BCUT2D eigenvalue weighted by Crippen LogP contribution is 2.19. The first-order valence-electron chi connectivity index (χ1n) is 5.28. The van der Waals surface area contributed by atoms with Crippen LogP contribution in [0.3, 0.4) is 0 Å². The lowest BCUT2D eigenvalue weighted by molar-refractivity contribution is 0.555. The van der Waals surface area contributed by atoms with E-state index in [0.717, 1.165) is 17.4 Å². The molecule has 0 radical (unpaired) electrons. The van der Waals surface area contributed by atoms with Gasteiger partial charge in [0.15, 0.2) is 0 Å².